The molecule has 1 rings (SSSR count). The van der Waals surface area contributed by atoms with Gasteiger partial charge in [-0.3, -0.25) is 4.79 Å². The molecule has 0 aliphatic carbocycles. The Balaban J connectivity index is 2.30. The Labute approximate surface area is 118 Å². The van der Waals surface area contributed by atoms with Crippen molar-refractivity contribution in [2.24, 2.45) is 5.10 Å². The molecule has 110 valence electrons. The second kappa shape index (κ2) is 9.18. The zero-order valence-corrected chi connectivity index (χ0v) is 11.7. The van der Waals surface area contributed by atoms with Gasteiger partial charge >= 0.3 is 0 Å². The van der Waals surface area contributed by atoms with Gasteiger partial charge in [0.1, 0.15) is 0 Å². The molecule has 1 amide bonds. The summed E-state index contributed by atoms with van der Waals surface area (Å²) in [5.41, 5.74) is 2.32. The number of hydrogen-bond acceptors (Lipinski definition) is 2. The van der Waals surface area contributed by atoms with Crippen LogP contribution in [0.3, 0.4) is 0 Å². The fourth-order valence-corrected chi connectivity index (χ4v) is 1.74. The standard InChI is InChI=1S/C15H20F2N2O/c1-2-3-4-5-6-10-14(20)19-18-11-12-8-7-9-13(16)15(12)17/h7-9,11H,2-6,10H2,1H3,(H,19,20)/b18-11+. The van der Waals surface area contributed by atoms with Crippen LogP contribution in [-0.2, 0) is 4.79 Å². The van der Waals surface area contributed by atoms with Crippen molar-refractivity contribution in [2.45, 2.75) is 45.4 Å². The van der Waals surface area contributed by atoms with Gasteiger partial charge < -0.3 is 0 Å². The zero-order chi connectivity index (χ0) is 14.8. The number of hydrogen-bond donors (Lipinski definition) is 1. The molecule has 1 aromatic rings. The number of hydrazone groups is 1. The van der Waals surface area contributed by atoms with Crippen LogP contribution in [0.25, 0.3) is 0 Å². The highest BCUT2D eigenvalue weighted by atomic mass is 19.2. The third kappa shape index (κ3) is 5.91. The van der Waals surface area contributed by atoms with Crippen LogP contribution in [0.4, 0.5) is 8.78 Å². The van der Waals surface area contributed by atoms with Crippen molar-refractivity contribution in [3.05, 3.63) is 35.4 Å². The number of benzene rings is 1. The number of unbranched alkanes of at least 4 members (excludes halogenated alkanes) is 4. The highest BCUT2D eigenvalue weighted by molar-refractivity contribution is 5.82. The van der Waals surface area contributed by atoms with E-state index in [9.17, 15) is 13.6 Å². The van der Waals surface area contributed by atoms with Crippen LogP contribution in [0.1, 0.15) is 51.0 Å². The Morgan fingerprint density at radius 3 is 2.75 bits per heavy atom. The maximum atomic E-state index is 13.3. The van der Waals surface area contributed by atoms with E-state index in [2.05, 4.69) is 17.5 Å². The molecule has 0 heterocycles. The van der Waals surface area contributed by atoms with Crippen LogP contribution in [0.15, 0.2) is 23.3 Å². The number of carbonyl (C=O) groups excluding carboxylic acids is 1. The summed E-state index contributed by atoms with van der Waals surface area (Å²) >= 11 is 0. The van der Waals surface area contributed by atoms with Gasteiger partial charge in [0, 0.05) is 12.0 Å². The van der Waals surface area contributed by atoms with E-state index in [-0.39, 0.29) is 11.5 Å². The summed E-state index contributed by atoms with van der Waals surface area (Å²) in [5, 5.41) is 3.63. The second-order valence-corrected chi connectivity index (χ2v) is 4.60. The quantitative estimate of drug-likeness (QED) is 0.440. The van der Waals surface area contributed by atoms with Crippen molar-refractivity contribution in [1.82, 2.24) is 5.43 Å². The van der Waals surface area contributed by atoms with Crippen molar-refractivity contribution in [3.8, 4) is 0 Å². The lowest BCUT2D eigenvalue weighted by atomic mass is 10.1. The molecule has 5 heteroatoms. The largest absolute Gasteiger partial charge is 0.273 e. The van der Waals surface area contributed by atoms with E-state index in [0.29, 0.717) is 6.42 Å². The molecule has 0 fully saturated rings. The van der Waals surface area contributed by atoms with E-state index in [1.807, 2.05) is 0 Å². The van der Waals surface area contributed by atoms with E-state index in [1.165, 1.54) is 18.6 Å². The molecule has 0 unspecified atom stereocenters. The van der Waals surface area contributed by atoms with Gasteiger partial charge in [0.15, 0.2) is 11.6 Å². The fraction of sp³-hybridized carbons (Fsp3) is 0.467. The molecule has 0 atom stereocenters. The second-order valence-electron chi connectivity index (χ2n) is 4.60. The minimum absolute atomic E-state index is 0.00763. The Morgan fingerprint density at radius 2 is 2.00 bits per heavy atom. The Hall–Kier alpha value is -1.78. The molecule has 3 nitrogen and oxygen atoms in total. The van der Waals surface area contributed by atoms with Crippen LogP contribution in [0.5, 0.6) is 0 Å². The van der Waals surface area contributed by atoms with Gasteiger partial charge in [-0.05, 0) is 12.5 Å². The normalized spacial score (nSPS) is 10.9. The SMILES string of the molecule is CCCCCCCC(=O)N/N=C/c1cccc(F)c1F. The Bertz CT molecular complexity index is 461. The molecule has 1 N–H and O–H groups in total. The van der Waals surface area contributed by atoms with Crippen molar-refractivity contribution >= 4 is 12.1 Å². The lowest BCUT2D eigenvalue weighted by Gasteiger charge is -2.00. The van der Waals surface area contributed by atoms with Crippen LogP contribution in [-0.4, -0.2) is 12.1 Å². The molecule has 0 radical (unpaired) electrons. The molecular formula is C15H20F2N2O. The lowest BCUT2D eigenvalue weighted by molar-refractivity contribution is -0.121. The summed E-state index contributed by atoms with van der Waals surface area (Å²) in [4.78, 5) is 11.4. The third-order valence-corrected chi connectivity index (χ3v) is 2.88. The van der Waals surface area contributed by atoms with E-state index < -0.39 is 11.6 Å². The number of halogens is 2. The van der Waals surface area contributed by atoms with Gasteiger partial charge in [-0.15, -0.1) is 0 Å². The highest BCUT2D eigenvalue weighted by Gasteiger charge is 2.05. The van der Waals surface area contributed by atoms with Crippen molar-refractivity contribution in [3.63, 3.8) is 0 Å². The molecule has 0 spiro atoms. The first-order valence-electron chi connectivity index (χ1n) is 6.91. The summed E-state index contributed by atoms with van der Waals surface area (Å²) in [6, 6.07) is 3.80. The average Bonchev–Trinajstić information content (AvgIpc) is 2.43. The summed E-state index contributed by atoms with van der Waals surface area (Å²) in [7, 11) is 0. The van der Waals surface area contributed by atoms with Gasteiger partial charge in [-0.2, -0.15) is 5.10 Å². The van der Waals surface area contributed by atoms with Gasteiger partial charge in [0.25, 0.3) is 0 Å². The maximum absolute atomic E-state index is 13.3. The minimum atomic E-state index is -0.968. The lowest BCUT2D eigenvalue weighted by Crippen LogP contribution is -2.17. The van der Waals surface area contributed by atoms with Crippen molar-refractivity contribution < 1.29 is 13.6 Å². The number of nitrogens with zero attached hydrogens (tertiary/aromatic N) is 1. The van der Waals surface area contributed by atoms with Gasteiger partial charge in [0.05, 0.1) is 6.21 Å². The zero-order valence-electron chi connectivity index (χ0n) is 11.7. The number of carbonyl (C=O) groups is 1. The fourth-order valence-electron chi connectivity index (χ4n) is 1.74. The van der Waals surface area contributed by atoms with Crippen LogP contribution in [0.2, 0.25) is 0 Å². The number of nitrogens with one attached hydrogen (secondary N) is 1. The van der Waals surface area contributed by atoms with E-state index in [0.717, 1.165) is 38.0 Å². The van der Waals surface area contributed by atoms with Crippen molar-refractivity contribution in [1.29, 1.82) is 0 Å². The number of rotatable bonds is 8. The predicted octanol–water partition coefficient (Wildman–Crippen LogP) is 3.78. The van der Waals surface area contributed by atoms with Crippen LogP contribution < -0.4 is 5.43 Å². The molecule has 1 aromatic carbocycles. The first kappa shape index (κ1) is 16.3. The Morgan fingerprint density at radius 1 is 1.25 bits per heavy atom. The van der Waals surface area contributed by atoms with Crippen LogP contribution >= 0.6 is 0 Å². The smallest absolute Gasteiger partial charge is 0.240 e. The van der Waals surface area contributed by atoms with E-state index in [1.54, 1.807) is 0 Å². The van der Waals surface area contributed by atoms with Gasteiger partial charge in [-0.1, -0.05) is 44.7 Å². The first-order chi connectivity index (χ1) is 9.65. The van der Waals surface area contributed by atoms with Crippen LogP contribution in [0, 0.1) is 11.6 Å². The third-order valence-electron chi connectivity index (χ3n) is 2.88. The maximum Gasteiger partial charge on any atom is 0.240 e. The number of amides is 1. The monoisotopic (exact) mass is 282 g/mol. The first-order valence-corrected chi connectivity index (χ1v) is 6.91. The van der Waals surface area contributed by atoms with E-state index >= 15 is 0 Å². The molecule has 0 saturated heterocycles. The molecular weight excluding hydrogens is 262 g/mol. The van der Waals surface area contributed by atoms with Crippen molar-refractivity contribution in [2.75, 3.05) is 0 Å². The Kier molecular flexibility index (Phi) is 7.47. The molecule has 0 aliphatic rings. The molecule has 0 aliphatic heterocycles. The van der Waals surface area contributed by atoms with Gasteiger partial charge in [0.2, 0.25) is 5.91 Å². The molecule has 0 aromatic heterocycles. The minimum Gasteiger partial charge on any atom is -0.273 e. The highest BCUT2D eigenvalue weighted by Crippen LogP contribution is 2.09. The average molecular weight is 282 g/mol. The predicted molar refractivity (Wildman–Crippen MR) is 75.5 cm³/mol. The summed E-state index contributed by atoms with van der Waals surface area (Å²) in [5.74, 6) is -2.11. The summed E-state index contributed by atoms with van der Waals surface area (Å²) in [6.45, 7) is 2.13. The molecule has 20 heavy (non-hydrogen) atoms. The topological polar surface area (TPSA) is 41.5 Å². The summed E-state index contributed by atoms with van der Waals surface area (Å²) < 4.78 is 26.2. The van der Waals surface area contributed by atoms with E-state index in [4.69, 9.17) is 0 Å². The van der Waals surface area contributed by atoms with Gasteiger partial charge in [-0.25, -0.2) is 14.2 Å². The summed E-state index contributed by atoms with van der Waals surface area (Å²) in [6.07, 6.45) is 6.80. The molecule has 0 saturated carbocycles. The molecule has 0 bridgehead atoms.